The molecule has 162 valence electrons. The van der Waals surface area contributed by atoms with Crippen molar-refractivity contribution in [2.45, 2.75) is 25.3 Å². The SMILES string of the molecule is COC(=O)c1c(C)[nH]c(C(=O)NCc2ccccc2S(=O)(=O)N2CCOCC2)c1C. The van der Waals surface area contributed by atoms with Gasteiger partial charge in [-0.1, -0.05) is 18.2 Å². The number of aromatic nitrogens is 1. The fourth-order valence-electron chi connectivity index (χ4n) is 3.48. The van der Waals surface area contributed by atoms with Crippen molar-refractivity contribution in [1.82, 2.24) is 14.6 Å². The quantitative estimate of drug-likeness (QED) is 0.662. The van der Waals surface area contributed by atoms with E-state index in [-0.39, 0.29) is 17.1 Å². The van der Waals surface area contributed by atoms with Gasteiger partial charge >= 0.3 is 5.97 Å². The number of hydrogen-bond acceptors (Lipinski definition) is 6. The normalized spacial score (nSPS) is 15.0. The van der Waals surface area contributed by atoms with Crippen molar-refractivity contribution in [3.05, 3.63) is 52.3 Å². The molecule has 1 aromatic carbocycles. The van der Waals surface area contributed by atoms with Crippen LogP contribution >= 0.6 is 0 Å². The number of aromatic amines is 1. The van der Waals surface area contributed by atoms with Crippen LogP contribution in [0.25, 0.3) is 0 Å². The molecule has 0 bridgehead atoms. The van der Waals surface area contributed by atoms with E-state index in [4.69, 9.17) is 9.47 Å². The molecule has 0 unspecified atom stereocenters. The zero-order valence-electron chi connectivity index (χ0n) is 17.1. The average Bonchev–Trinajstić information content (AvgIpc) is 3.06. The van der Waals surface area contributed by atoms with Gasteiger partial charge in [-0.2, -0.15) is 4.31 Å². The Balaban J connectivity index is 1.81. The Labute approximate surface area is 175 Å². The molecule has 1 aliphatic heterocycles. The number of aryl methyl sites for hydroxylation is 1. The van der Waals surface area contributed by atoms with Gasteiger partial charge in [0, 0.05) is 25.3 Å². The van der Waals surface area contributed by atoms with Crippen LogP contribution in [0, 0.1) is 13.8 Å². The molecule has 0 atom stereocenters. The van der Waals surface area contributed by atoms with E-state index >= 15 is 0 Å². The fraction of sp³-hybridized carbons (Fsp3) is 0.400. The lowest BCUT2D eigenvalue weighted by atomic mass is 10.1. The number of amides is 1. The van der Waals surface area contributed by atoms with Crippen LogP contribution in [-0.2, 0) is 26.0 Å². The Morgan fingerprint density at radius 3 is 2.53 bits per heavy atom. The third kappa shape index (κ3) is 4.25. The maximum Gasteiger partial charge on any atom is 0.339 e. The first-order valence-electron chi connectivity index (χ1n) is 9.48. The predicted octanol–water partition coefficient (Wildman–Crippen LogP) is 1.37. The summed E-state index contributed by atoms with van der Waals surface area (Å²) in [5.41, 5.74) is 2.04. The number of ether oxygens (including phenoxy) is 2. The van der Waals surface area contributed by atoms with E-state index in [0.717, 1.165) is 0 Å². The molecule has 30 heavy (non-hydrogen) atoms. The van der Waals surface area contributed by atoms with Crippen LogP contribution < -0.4 is 5.32 Å². The smallest absolute Gasteiger partial charge is 0.339 e. The molecule has 3 rings (SSSR count). The fourth-order valence-corrected chi connectivity index (χ4v) is 5.11. The molecule has 2 heterocycles. The Kier molecular flexibility index (Phi) is 6.59. The number of H-pyrrole nitrogens is 1. The third-order valence-corrected chi connectivity index (χ3v) is 7.05. The number of morpholine rings is 1. The number of carbonyl (C=O) groups is 2. The molecule has 0 saturated carbocycles. The maximum atomic E-state index is 13.0. The molecule has 9 nitrogen and oxygen atoms in total. The molecule has 0 aliphatic carbocycles. The van der Waals surface area contributed by atoms with Crippen LogP contribution in [-0.4, -0.2) is 63.0 Å². The summed E-state index contributed by atoms with van der Waals surface area (Å²) in [6.07, 6.45) is 0. The highest BCUT2D eigenvalue weighted by Crippen LogP contribution is 2.22. The van der Waals surface area contributed by atoms with Crippen molar-refractivity contribution in [1.29, 1.82) is 0 Å². The minimum absolute atomic E-state index is 0.0175. The minimum atomic E-state index is -3.70. The van der Waals surface area contributed by atoms with Gasteiger partial charge in [-0.15, -0.1) is 0 Å². The maximum absolute atomic E-state index is 13.0. The van der Waals surface area contributed by atoms with Crippen molar-refractivity contribution < 1.29 is 27.5 Å². The highest BCUT2D eigenvalue weighted by atomic mass is 32.2. The minimum Gasteiger partial charge on any atom is -0.465 e. The lowest BCUT2D eigenvalue weighted by Gasteiger charge is -2.27. The third-order valence-electron chi connectivity index (χ3n) is 5.05. The Morgan fingerprint density at radius 1 is 1.20 bits per heavy atom. The van der Waals surface area contributed by atoms with Gasteiger partial charge in [0.1, 0.15) is 5.69 Å². The highest BCUT2D eigenvalue weighted by Gasteiger charge is 2.28. The standard InChI is InChI=1S/C20H25N3O6S/c1-13-17(20(25)28-3)14(2)22-18(13)19(24)21-12-15-6-4-5-7-16(15)30(26,27)23-8-10-29-11-9-23/h4-7,22H,8-12H2,1-3H3,(H,21,24). The molecule has 2 N–H and O–H groups in total. The molecular weight excluding hydrogens is 410 g/mol. The molecule has 0 spiro atoms. The Hall–Kier alpha value is -2.69. The van der Waals surface area contributed by atoms with Gasteiger partial charge < -0.3 is 19.8 Å². The topological polar surface area (TPSA) is 118 Å². The Morgan fingerprint density at radius 2 is 1.87 bits per heavy atom. The molecule has 1 saturated heterocycles. The van der Waals surface area contributed by atoms with Crippen LogP contribution in [0.5, 0.6) is 0 Å². The largest absolute Gasteiger partial charge is 0.465 e. The number of nitrogens with zero attached hydrogens (tertiary/aromatic N) is 1. The predicted molar refractivity (Wildman–Crippen MR) is 109 cm³/mol. The van der Waals surface area contributed by atoms with Gasteiger partial charge in [0.2, 0.25) is 10.0 Å². The van der Waals surface area contributed by atoms with Crippen molar-refractivity contribution in [3.63, 3.8) is 0 Å². The lowest BCUT2D eigenvalue weighted by Crippen LogP contribution is -2.41. The van der Waals surface area contributed by atoms with Crippen LogP contribution in [0.1, 0.15) is 37.7 Å². The second-order valence-corrected chi connectivity index (χ2v) is 8.83. The van der Waals surface area contributed by atoms with Gasteiger partial charge in [0.05, 0.1) is 30.8 Å². The number of sulfonamides is 1. The van der Waals surface area contributed by atoms with Crippen LogP contribution in [0.3, 0.4) is 0 Å². The number of esters is 1. The van der Waals surface area contributed by atoms with E-state index in [1.807, 2.05) is 0 Å². The summed E-state index contributed by atoms with van der Waals surface area (Å²) in [5, 5.41) is 2.74. The van der Waals surface area contributed by atoms with Gasteiger partial charge in [0.25, 0.3) is 5.91 Å². The van der Waals surface area contributed by atoms with Crippen LogP contribution in [0.2, 0.25) is 0 Å². The number of rotatable bonds is 6. The molecule has 1 aromatic heterocycles. The zero-order valence-corrected chi connectivity index (χ0v) is 18.0. The summed E-state index contributed by atoms with van der Waals surface area (Å²) in [7, 11) is -2.42. The van der Waals surface area contributed by atoms with E-state index < -0.39 is 21.9 Å². The molecule has 0 radical (unpaired) electrons. The summed E-state index contributed by atoms with van der Waals surface area (Å²) in [4.78, 5) is 27.7. The molecule has 10 heteroatoms. The van der Waals surface area contributed by atoms with Gasteiger partial charge in [-0.05, 0) is 31.0 Å². The van der Waals surface area contributed by atoms with E-state index in [9.17, 15) is 18.0 Å². The molecule has 1 aliphatic rings. The first-order valence-corrected chi connectivity index (χ1v) is 10.9. The first-order chi connectivity index (χ1) is 14.3. The summed E-state index contributed by atoms with van der Waals surface area (Å²) in [6, 6.07) is 6.57. The summed E-state index contributed by atoms with van der Waals surface area (Å²) < 4.78 is 37.5. The van der Waals surface area contributed by atoms with E-state index in [1.165, 1.54) is 17.5 Å². The molecule has 1 amide bonds. The van der Waals surface area contributed by atoms with Gasteiger partial charge in [0.15, 0.2) is 0 Å². The van der Waals surface area contributed by atoms with Crippen molar-refractivity contribution in [3.8, 4) is 0 Å². The number of hydrogen-bond donors (Lipinski definition) is 2. The summed E-state index contributed by atoms with van der Waals surface area (Å²) in [5.74, 6) is -0.966. The van der Waals surface area contributed by atoms with Crippen molar-refractivity contribution >= 4 is 21.9 Å². The highest BCUT2D eigenvalue weighted by molar-refractivity contribution is 7.89. The second kappa shape index (κ2) is 8.99. The average molecular weight is 436 g/mol. The van der Waals surface area contributed by atoms with E-state index in [2.05, 4.69) is 10.3 Å². The van der Waals surface area contributed by atoms with Crippen molar-refractivity contribution in [2.75, 3.05) is 33.4 Å². The van der Waals surface area contributed by atoms with Gasteiger partial charge in [-0.3, -0.25) is 4.79 Å². The first kappa shape index (κ1) is 22.0. The lowest BCUT2D eigenvalue weighted by molar-refractivity contribution is 0.0599. The van der Waals surface area contributed by atoms with Crippen molar-refractivity contribution in [2.24, 2.45) is 0 Å². The Bertz CT molecular complexity index is 1050. The second-order valence-electron chi connectivity index (χ2n) is 6.92. The van der Waals surface area contributed by atoms with Crippen LogP contribution in [0.4, 0.5) is 0 Å². The molecular formula is C20H25N3O6S. The number of carbonyl (C=O) groups excluding carboxylic acids is 2. The van der Waals surface area contributed by atoms with E-state index in [0.29, 0.717) is 48.7 Å². The number of methoxy groups -OCH3 is 1. The summed E-state index contributed by atoms with van der Waals surface area (Å²) >= 11 is 0. The molecule has 1 fully saturated rings. The summed E-state index contributed by atoms with van der Waals surface area (Å²) in [6.45, 7) is 4.64. The number of benzene rings is 1. The van der Waals surface area contributed by atoms with Crippen LogP contribution in [0.15, 0.2) is 29.2 Å². The zero-order chi connectivity index (χ0) is 21.9. The molecule has 2 aromatic rings. The monoisotopic (exact) mass is 435 g/mol. The van der Waals surface area contributed by atoms with Gasteiger partial charge in [-0.25, -0.2) is 13.2 Å². The van der Waals surface area contributed by atoms with E-state index in [1.54, 1.807) is 32.0 Å². The number of nitrogens with one attached hydrogen (secondary N) is 2.